The zero-order valence-corrected chi connectivity index (χ0v) is 14.3. The van der Waals surface area contributed by atoms with Gasteiger partial charge in [-0.1, -0.05) is 13.0 Å². The number of aryl methyl sites for hydroxylation is 1. The Hall–Kier alpha value is -2.08. The van der Waals surface area contributed by atoms with Crippen LogP contribution in [0, 0.1) is 5.92 Å². The van der Waals surface area contributed by atoms with E-state index in [-0.39, 0.29) is 5.91 Å². The number of ether oxygens (including phenoxy) is 2. The third kappa shape index (κ3) is 3.17. The lowest BCUT2D eigenvalue weighted by Crippen LogP contribution is -2.14. The Morgan fingerprint density at radius 1 is 1.30 bits per heavy atom. The lowest BCUT2D eigenvalue weighted by atomic mass is 9.93. The zero-order chi connectivity index (χ0) is 16.4. The van der Waals surface area contributed by atoms with Gasteiger partial charge in [0.05, 0.1) is 19.9 Å². The van der Waals surface area contributed by atoms with Crippen molar-refractivity contribution in [3.05, 3.63) is 34.3 Å². The van der Waals surface area contributed by atoms with Crippen molar-refractivity contribution >= 4 is 22.4 Å². The second-order valence-corrected chi connectivity index (χ2v) is 6.81. The lowest BCUT2D eigenvalue weighted by molar-refractivity contribution is 0.102. The van der Waals surface area contributed by atoms with Crippen molar-refractivity contribution in [2.75, 3.05) is 19.5 Å². The summed E-state index contributed by atoms with van der Waals surface area (Å²) < 4.78 is 10.6. The fraction of sp³-hybridized carbons (Fsp3) is 0.412. The summed E-state index contributed by atoms with van der Waals surface area (Å²) in [6.45, 7) is 2.25. The summed E-state index contributed by atoms with van der Waals surface area (Å²) in [4.78, 5) is 18.5. The third-order valence-corrected chi connectivity index (χ3v) is 5.10. The predicted molar refractivity (Wildman–Crippen MR) is 90.8 cm³/mol. The van der Waals surface area contributed by atoms with Gasteiger partial charge in [0.2, 0.25) is 0 Å². The van der Waals surface area contributed by atoms with Crippen molar-refractivity contribution in [2.24, 2.45) is 5.92 Å². The van der Waals surface area contributed by atoms with Crippen LogP contribution in [0.5, 0.6) is 11.5 Å². The number of nitrogens with zero attached hydrogens (tertiary/aromatic N) is 1. The minimum Gasteiger partial charge on any atom is -0.496 e. The first-order valence-corrected chi connectivity index (χ1v) is 8.45. The summed E-state index contributed by atoms with van der Waals surface area (Å²) in [5, 5.41) is 3.53. The minimum absolute atomic E-state index is 0.265. The number of thiazole rings is 1. The van der Waals surface area contributed by atoms with Gasteiger partial charge in [0.25, 0.3) is 5.91 Å². The van der Waals surface area contributed by atoms with Gasteiger partial charge in [0.15, 0.2) is 5.13 Å². The molecule has 1 aliphatic rings. The average Bonchev–Trinajstić information content (AvgIpc) is 2.94. The molecule has 1 unspecified atom stereocenters. The van der Waals surface area contributed by atoms with Crippen LogP contribution in [0.2, 0.25) is 0 Å². The molecule has 6 heteroatoms. The predicted octanol–water partition coefficient (Wildman–Crippen LogP) is 3.54. The molecule has 1 aliphatic carbocycles. The Morgan fingerprint density at radius 2 is 2.00 bits per heavy atom. The molecule has 5 nitrogen and oxygen atoms in total. The van der Waals surface area contributed by atoms with Gasteiger partial charge in [0, 0.05) is 4.88 Å². The van der Waals surface area contributed by atoms with E-state index in [0.717, 1.165) is 25.0 Å². The van der Waals surface area contributed by atoms with Crippen LogP contribution in [0.25, 0.3) is 0 Å². The summed E-state index contributed by atoms with van der Waals surface area (Å²) in [5.74, 6) is 1.38. The van der Waals surface area contributed by atoms with Crippen LogP contribution in [-0.2, 0) is 12.8 Å². The highest BCUT2D eigenvalue weighted by Gasteiger charge is 2.23. The first kappa shape index (κ1) is 15.8. The van der Waals surface area contributed by atoms with Gasteiger partial charge < -0.3 is 9.47 Å². The Bertz CT molecular complexity index is 704. The number of amides is 1. The number of carbonyl (C=O) groups is 1. The summed E-state index contributed by atoms with van der Waals surface area (Å²) in [6.07, 6.45) is 3.19. The molecule has 1 heterocycles. The molecule has 0 fully saturated rings. The third-order valence-electron chi connectivity index (χ3n) is 4.06. The zero-order valence-electron chi connectivity index (χ0n) is 13.5. The van der Waals surface area contributed by atoms with E-state index in [1.807, 2.05) is 0 Å². The monoisotopic (exact) mass is 332 g/mol. The Morgan fingerprint density at radius 3 is 2.65 bits per heavy atom. The number of methoxy groups -OCH3 is 2. The largest absolute Gasteiger partial charge is 0.496 e. The summed E-state index contributed by atoms with van der Waals surface area (Å²) in [5.41, 5.74) is 1.51. The molecule has 0 spiro atoms. The van der Waals surface area contributed by atoms with E-state index in [1.165, 1.54) is 19.1 Å². The SMILES string of the molecule is COc1cccc(OC)c1C(=O)Nc1nc2c(s1)CC(C)CC2. The van der Waals surface area contributed by atoms with Crippen LogP contribution in [0.4, 0.5) is 5.13 Å². The van der Waals surface area contributed by atoms with Crippen molar-refractivity contribution in [3.63, 3.8) is 0 Å². The first-order chi connectivity index (χ1) is 11.1. The van der Waals surface area contributed by atoms with Crippen LogP contribution < -0.4 is 14.8 Å². The fourth-order valence-corrected chi connectivity index (χ4v) is 3.99. The highest BCUT2D eigenvalue weighted by molar-refractivity contribution is 7.15. The Balaban J connectivity index is 1.85. The molecule has 0 radical (unpaired) electrons. The van der Waals surface area contributed by atoms with Crippen LogP contribution in [-0.4, -0.2) is 25.1 Å². The number of hydrogen-bond donors (Lipinski definition) is 1. The lowest BCUT2D eigenvalue weighted by Gasteiger charge is -2.15. The summed E-state index contributed by atoms with van der Waals surface area (Å²) >= 11 is 1.56. The van der Waals surface area contributed by atoms with Gasteiger partial charge in [-0.3, -0.25) is 10.1 Å². The van der Waals surface area contributed by atoms with E-state index in [2.05, 4.69) is 17.2 Å². The van der Waals surface area contributed by atoms with Gasteiger partial charge in [-0.05, 0) is 37.3 Å². The second kappa shape index (κ2) is 6.58. The van der Waals surface area contributed by atoms with Crippen LogP contribution in [0.15, 0.2) is 18.2 Å². The van der Waals surface area contributed by atoms with Gasteiger partial charge in [-0.2, -0.15) is 0 Å². The van der Waals surface area contributed by atoms with E-state index in [9.17, 15) is 4.79 Å². The average molecular weight is 332 g/mol. The normalized spacial score (nSPS) is 16.6. The topological polar surface area (TPSA) is 60.5 Å². The second-order valence-electron chi connectivity index (χ2n) is 5.73. The molecule has 122 valence electrons. The van der Waals surface area contributed by atoms with Crippen LogP contribution in [0.1, 0.15) is 34.3 Å². The van der Waals surface area contributed by atoms with Gasteiger partial charge in [-0.25, -0.2) is 4.98 Å². The van der Waals surface area contributed by atoms with Crippen LogP contribution in [0.3, 0.4) is 0 Å². The van der Waals surface area contributed by atoms with Crippen molar-refractivity contribution < 1.29 is 14.3 Å². The molecule has 1 N–H and O–H groups in total. The molecule has 0 bridgehead atoms. The standard InChI is InChI=1S/C17H20N2O3S/c1-10-7-8-11-14(9-10)23-17(18-11)19-16(20)15-12(21-2)5-4-6-13(15)22-3/h4-6,10H,7-9H2,1-3H3,(H,18,19,20). The van der Waals surface area contributed by atoms with Gasteiger partial charge >= 0.3 is 0 Å². The van der Waals surface area contributed by atoms with Crippen molar-refractivity contribution in [1.29, 1.82) is 0 Å². The van der Waals surface area contributed by atoms with Crippen LogP contribution >= 0.6 is 11.3 Å². The molecule has 1 amide bonds. The number of fused-ring (bicyclic) bond motifs is 1. The highest BCUT2D eigenvalue weighted by atomic mass is 32.1. The Kier molecular flexibility index (Phi) is 4.52. The molecule has 1 atom stereocenters. The number of carbonyl (C=O) groups excluding carboxylic acids is 1. The maximum atomic E-state index is 12.6. The van der Waals surface area contributed by atoms with Crippen molar-refractivity contribution in [1.82, 2.24) is 4.98 Å². The van der Waals surface area contributed by atoms with Crippen molar-refractivity contribution in [2.45, 2.75) is 26.2 Å². The number of anilines is 1. The van der Waals surface area contributed by atoms with Gasteiger partial charge in [-0.15, -0.1) is 11.3 Å². The molecule has 0 saturated heterocycles. The first-order valence-electron chi connectivity index (χ1n) is 7.63. The molecule has 3 rings (SSSR count). The number of hydrogen-bond acceptors (Lipinski definition) is 5. The molecule has 1 aromatic heterocycles. The molecule has 1 aromatic carbocycles. The smallest absolute Gasteiger partial charge is 0.265 e. The number of benzene rings is 1. The van der Waals surface area contributed by atoms with Gasteiger partial charge in [0.1, 0.15) is 17.1 Å². The van der Waals surface area contributed by atoms with E-state index < -0.39 is 0 Å². The maximum absolute atomic E-state index is 12.6. The quantitative estimate of drug-likeness (QED) is 0.930. The highest BCUT2D eigenvalue weighted by Crippen LogP contribution is 2.34. The van der Waals surface area contributed by atoms with E-state index >= 15 is 0 Å². The van der Waals surface area contributed by atoms with Crippen molar-refractivity contribution in [3.8, 4) is 11.5 Å². The molecule has 23 heavy (non-hydrogen) atoms. The maximum Gasteiger partial charge on any atom is 0.265 e. The molecule has 2 aromatic rings. The fourth-order valence-electron chi connectivity index (χ4n) is 2.83. The summed E-state index contributed by atoms with van der Waals surface area (Å²) in [6, 6.07) is 5.27. The molecule has 0 saturated carbocycles. The number of rotatable bonds is 4. The van der Waals surface area contributed by atoms with E-state index in [4.69, 9.17) is 9.47 Å². The minimum atomic E-state index is -0.265. The van der Waals surface area contributed by atoms with E-state index in [0.29, 0.717) is 28.1 Å². The number of aromatic nitrogens is 1. The van der Waals surface area contributed by atoms with E-state index in [1.54, 1.807) is 29.5 Å². The number of nitrogens with one attached hydrogen (secondary N) is 1. The molecular formula is C17H20N2O3S. The molecule has 0 aliphatic heterocycles. The molecular weight excluding hydrogens is 312 g/mol. The Labute approximate surface area is 139 Å². The summed E-state index contributed by atoms with van der Waals surface area (Å²) in [7, 11) is 3.07.